The zero-order valence-electron chi connectivity index (χ0n) is 5.47. The van der Waals surface area contributed by atoms with Crippen LogP contribution < -0.4 is 0 Å². The van der Waals surface area contributed by atoms with Crippen LogP contribution in [0.1, 0.15) is 0 Å². The van der Waals surface area contributed by atoms with E-state index in [-0.39, 0.29) is 0 Å². The van der Waals surface area contributed by atoms with Gasteiger partial charge in [0, 0.05) is 0 Å². The highest BCUT2D eigenvalue weighted by Gasteiger charge is 2.09. The molecule has 0 saturated heterocycles. The van der Waals surface area contributed by atoms with Gasteiger partial charge < -0.3 is 0 Å². The Morgan fingerprint density at radius 2 is 1.82 bits per heavy atom. The quantitative estimate of drug-likeness (QED) is 0.624. The minimum absolute atomic E-state index is 0.635. The Balaban J connectivity index is 4.03. The molecule has 0 aromatic heterocycles. The maximum absolute atomic E-state index is 11.8. The van der Waals surface area contributed by atoms with Crippen molar-refractivity contribution >= 4 is 10.1 Å². The third-order valence-electron chi connectivity index (χ3n) is 0.605. The van der Waals surface area contributed by atoms with Gasteiger partial charge in [0.2, 0.25) is 0 Å². The van der Waals surface area contributed by atoms with E-state index < -0.39 is 28.6 Å². The molecule has 0 aromatic rings. The highest BCUT2D eigenvalue weighted by atomic mass is 32.2. The fourth-order valence-corrected chi connectivity index (χ4v) is 0.531. The van der Waals surface area contributed by atoms with E-state index in [0.717, 1.165) is 0 Å². The molecule has 0 aliphatic rings. The summed E-state index contributed by atoms with van der Waals surface area (Å²) in [5.74, 6) is -1.88. The van der Waals surface area contributed by atoms with E-state index in [1.165, 1.54) is 0 Å². The average molecular weight is 190 g/mol. The standard InChI is InChI=1S/C4H5F3O3S/c1-11(8,9)10-2-3(5)4(6)7/h2H2,1H3. The molecule has 0 fully saturated rings. The van der Waals surface area contributed by atoms with Gasteiger partial charge in [-0.2, -0.15) is 17.2 Å². The molecular formula is C4H5F3O3S. The van der Waals surface area contributed by atoms with Crippen molar-refractivity contribution in [1.29, 1.82) is 0 Å². The summed E-state index contributed by atoms with van der Waals surface area (Å²) in [7, 11) is -3.86. The first-order valence-corrected chi connectivity index (χ1v) is 4.18. The number of hydrogen-bond acceptors (Lipinski definition) is 3. The van der Waals surface area contributed by atoms with Gasteiger partial charge in [-0.25, -0.2) is 4.39 Å². The fraction of sp³-hybridized carbons (Fsp3) is 0.500. The highest BCUT2D eigenvalue weighted by Crippen LogP contribution is 2.09. The topological polar surface area (TPSA) is 43.4 Å². The summed E-state index contributed by atoms with van der Waals surface area (Å²) in [6.07, 6.45) is -1.94. The summed E-state index contributed by atoms with van der Waals surface area (Å²) >= 11 is 0. The minimum Gasteiger partial charge on any atom is -0.263 e. The van der Waals surface area contributed by atoms with Crippen molar-refractivity contribution in [2.24, 2.45) is 0 Å². The van der Waals surface area contributed by atoms with Crippen LogP contribution in [0.5, 0.6) is 0 Å². The van der Waals surface area contributed by atoms with Crippen molar-refractivity contribution < 1.29 is 25.8 Å². The maximum Gasteiger partial charge on any atom is 0.303 e. The van der Waals surface area contributed by atoms with E-state index in [1.54, 1.807) is 0 Å². The molecule has 0 bridgehead atoms. The lowest BCUT2D eigenvalue weighted by molar-refractivity contribution is 0.291. The smallest absolute Gasteiger partial charge is 0.263 e. The molecule has 0 spiro atoms. The Hall–Kier alpha value is -0.560. The molecule has 0 atom stereocenters. The number of halogens is 3. The average Bonchev–Trinajstić information content (AvgIpc) is 1.80. The van der Waals surface area contributed by atoms with Gasteiger partial charge in [-0.05, 0) is 0 Å². The summed E-state index contributed by atoms with van der Waals surface area (Å²) in [6.45, 7) is -1.25. The van der Waals surface area contributed by atoms with Crippen molar-refractivity contribution in [3.8, 4) is 0 Å². The van der Waals surface area contributed by atoms with E-state index in [4.69, 9.17) is 0 Å². The molecule has 0 amide bonds. The van der Waals surface area contributed by atoms with E-state index in [1.807, 2.05) is 0 Å². The molecule has 0 N–H and O–H groups in total. The van der Waals surface area contributed by atoms with Crippen LogP contribution in [-0.2, 0) is 14.3 Å². The fourth-order valence-electron chi connectivity index (χ4n) is 0.213. The summed E-state index contributed by atoms with van der Waals surface area (Å²) in [4.78, 5) is 0. The Morgan fingerprint density at radius 3 is 2.09 bits per heavy atom. The highest BCUT2D eigenvalue weighted by molar-refractivity contribution is 7.85. The summed E-state index contributed by atoms with van der Waals surface area (Å²) < 4.78 is 58.2. The monoisotopic (exact) mass is 190 g/mol. The molecule has 66 valence electrons. The van der Waals surface area contributed by atoms with Gasteiger partial charge in [-0.3, -0.25) is 4.18 Å². The molecule has 3 nitrogen and oxygen atoms in total. The summed E-state index contributed by atoms with van der Waals surface area (Å²) in [5.41, 5.74) is 0. The molecular weight excluding hydrogens is 185 g/mol. The first-order chi connectivity index (χ1) is 4.83. The number of rotatable bonds is 3. The molecule has 0 unspecified atom stereocenters. The lowest BCUT2D eigenvalue weighted by atomic mass is 10.6. The second-order valence-electron chi connectivity index (χ2n) is 1.63. The van der Waals surface area contributed by atoms with Crippen LogP contribution in [-0.4, -0.2) is 21.3 Å². The predicted molar refractivity (Wildman–Crippen MR) is 31.1 cm³/mol. The minimum atomic E-state index is -3.86. The lowest BCUT2D eigenvalue weighted by Gasteiger charge is -1.96. The van der Waals surface area contributed by atoms with Crippen molar-refractivity contribution in [3.63, 3.8) is 0 Å². The molecule has 0 aromatic carbocycles. The van der Waals surface area contributed by atoms with Crippen LogP contribution in [0.2, 0.25) is 0 Å². The normalized spacial score (nSPS) is 11.3. The van der Waals surface area contributed by atoms with E-state index in [9.17, 15) is 21.6 Å². The Bertz CT molecular complexity index is 252. The van der Waals surface area contributed by atoms with Gasteiger partial charge in [0.25, 0.3) is 10.1 Å². The van der Waals surface area contributed by atoms with Gasteiger partial charge >= 0.3 is 6.08 Å². The molecule has 0 heterocycles. The Kier molecular flexibility index (Phi) is 3.53. The second-order valence-corrected chi connectivity index (χ2v) is 3.28. The lowest BCUT2D eigenvalue weighted by Crippen LogP contribution is -2.04. The molecule has 0 rings (SSSR count). The van der Waals surface area contributed by atoms with E-state index in [0.29, 0.717) is 6.26 Å². The Labute approximate surface area is 61.6 Å². The Morgan fingerprint density at radius 1 is 1.36 bits per heavy atom. The van der Waals surface area contributed by atoms with Crippen LogP contribution in [0.4, 0.5) is 13.2 Å². The van der Waals surface area contributed by atoms with Crippen molar-refractivity contribution in [1.82, 2.24) is 0 Å². The van der Waals surface area contributed by atoms with Gasteiger partial charge in [0.1, 0.15) is 6.61 Å². The van der Waals surface area contributed by atoms with Crippen molar-refractivity contribution in [2.45, 2.75) is 0 Å². The molecule has 0 aliphatic heterocycles. The third-order valence-corrected chi connectivity index (χ3v) is 1.15. The van der Waals surface area contributed by atoms with Gasteiger partial charge in [-0.1, -0.05) is 0 Å². The zero-order chi connectivity index (χ0) is 9.07. The largest absolute Gasteiger partial charge is 0.303 e. The van der Waals surface area contributed by atoms with Crippen LogP contribution in [0.15, 0.2) is 11.9 Å². The molecule has 7 heteroatoms. The molecule has 0 aliphatic carbocycles. The van der Waals surface area contributed by atoms with Crippen LogP contribution >= 0.6 is 0 Å². The van der Waals surface area contributed by atoms with Gasteiger partial charge in [-0.15, -0.1) is 0 Å². The summed E-state index contributed by atoms with van der Waals surface area (Å²) in [5, 5.41) is 0. The molecule has 0 saturated carbocycles. The van der Waals surface area contributed by atoms with Crippen LogP contribution in [0.3, 0.4) is 0 Å². The van der Waals surface area contributed by atoms with Crippen LogP contribution in [0, 0.1) is 0 Å². The van der Waals surface area contributed by atoms with Crippen LogP contribution in [0.25, 0.3) is 0 Å². The van der Waals surface area contributed by atoms with Crippen molar-refractivity contribution in [3.05, 3.63) is 11.9 Å². The summed E-state index contributed by atoms with van der Waals surface area (Å²) in [6, 6.07) is 0. The zero-order valence-corrected chi connectivity index (χ0v) is 6.29. The van der Waals surface area contributed by atoms with Crippen molar-refractivity contribution in [2.75, 3.05) is 12.9 Å². The maximum atomic E-state index is 11.8. The first-order valence-electron chi connectivity index (χ1n) is 2.37. The SMILES string of the molecule is CS(=O)(=O)OCC(F)=C(F)F. The second kappa shape index (κ2) is 3.72. The van der Waals surface area contributed by atoms with E-state index in [2.05, 4.69) is 4.18 Å². The third kappa shape index (κ3) is 5.86. The van der Waals surface area contributed by atoms with Gasteiger partial charge in [0.05, 0.1) is 6.26 Å². The molecule has 11 heavy (non-hydrogen) atoms. The van der Waals surface area contributed by atoms with E-state index >= 15 is 0 Å². The predicted octanol–water partition coefficient (Wildman–Crippen LogP) is 1.04. The first kappa shape index (κ1) is 10.4. The molecule has 0 radical (unpaired) electrons. The number of hydrogen-bond donors (Lipinski definition) is 0. The van der Waals surface area contributed by atoms with Gasteiger partial charge in [0.15, 0.2) is 5.83 Å².